The molecule has 1 heterocycles. The quantitative estimate of drug-likeness (QED) is 0.565. The van der Waals surface area contributed by atoms with Crippen molar-refractivity contribution in [2.24, 2.45) is 0 Å². The summed E-state index contributed by atoms with van der Waals surface area (Å²) < 4.78 is 10.5. The second-order valence-corrected chi connectivity index (χ2v) is 5.42. The van der Waals surface area contributed by atoms with E-state index < -0.39 is 5.97 Å². The van der Waals surface area contributed by atoms with Crippen LogP contribution in [0.25, 0.3) is 10.9 Å². The van der Waals surface area contributed by atoms with Gasteiger partial charge in [-0.3, -0.25) is 9.59 Å². The third-order valence-corrected chi connectivity index (χ3v) is 3.55. The zero-order valence-electron chi connectivity index (χ0n) is 13.0. The Bertz CT molecular complexity index is 747. The highest BCUT2D eigenvalue weighted by atomic mass is 35.5. The van der Waals surface area contributed by atoms with Crippen molar-refractivity contribution in [3.05, 3.63) is 39.6 Å². The number of anilines is 1. The summed E-state index contributed by atoms with van der Waals surface area (Å²) in [5.74, 6) is -0.883. The largest absolute Gasteiger partial charge is 0.481 e. The highest BCUT2D eigenvalue weighted by molar-refractivity contribution is 6.34. The lowest BCUT2D eigenvalue weighted by molar-refractivity contribution is -0.138. The van der Waals surface area contributed by atoms with E-state index in [4.69, 9.17) is 26.2 Å². The first-order valence-electron chi connectivity index (χ1n) is 7.50. The fraction of sp³-hybridized carbons (Fsp3) is 0.375. The van der Waals surface area contributed by atoms with E-state index in [2.05, 4.69) is 10.3 Å². The minimum absolute atomic E-state index is 0.0127. The van der Waals surface area contributed by atoms with Gasteiger partial charge in [-0.1, -0.05) is 11.6 Å². The van der Waals surface area contributed by atoms with Crippen molar-refractivity contribution in [1.82, 2.24) is 4.98 Å². The van der Waals surface area contributed by atoms with Gasteiger partial charge in [-0.15, -0.1) is 0 Å². The Morgan fingerprint density at radius 2 is 1.96 bits per heavy atom. The number of nitrogens with one attached hydrogen (secondary N) is 2. The Kier molecular flexibility index (Phi) is 7.05. The molecule has 2 rings (SSSR count). The zero-order valence-corrected chi connectivity index (χ0v) is 13.8. The van der Waals surface area contributed by atoms with Crippen LogP contribution in [0.5, 0.6) is 0 Å². The van der Waals surface area contributed by atoms with Crippen LogP contribution < -0.4 is 10.7 Å². The Hall–Kier alpha value is -2.09. The molecule has 0 fully saturated rings. The lowest BCUT2D eigenvalue weighted by atomic mass is 10.2. The van der Waals surface area contributed by atoms with Gasteiger partial charge in [0, 0.05) is 24.2 Å². The highest BCUT2D eigenvalue weighted by Crippen LogP contribution is 2.25. The van der Waals surface area contributed by atoms with Gasteiger partial charge in [0.2, 0.25) is 0 Å². The van der Waals surface area contributed by atoms with E-state index in [0.717, 1.165) is 0 Å². The number of carboxylic acid groups (broad SMARTS) is 1. The molecule has 0 aliphatic rings. The summed E-state index contributed by atoms with van der Waals surface area (Å²) in [5, 5.41) is 12.7. The standard InChI is InChI=1S/C16H19ClN2O5/c17-12-10-13-11(15(20)1-3-18-13)9-14(12)19-4-6-24-8-7-23-5-2-16(21)22/h1,3,9-10,19H,2,4-8H2,(H,18,20)(H,21,22). The number of halogens is 1. The molecule has 0 amide bonds. The number of aromatic nitrogens is 1. The first-order chi connectivity index (χ1) is 11.6. The number of fused-ring (bicyclic) bond motifs is 1. The SMILES string of the molecule is O=C(O)CCOCCOCCNc1cc2c(=O)cc[nH]c2cc1Cl. The van der Waals surface area contributed by atoms with Crippen molar-refractivity contribution in [1.29, 1.82) is 0 Å². The Morgan fingerprint density at radius 3 is 2.71 bits per heavy atom. The Labute approximate surface area is 143 Å². The maximum absolute atomic E-state index is 11.8. The third-order valence-electron chi connectivity index (χ3n) is 3.24. The van der Waals surface area contributed by atoms with Gasteiger partial charge in [-0.25, -0.2) is 0 Å². The minimum Gasteiger partial charge on any atom is -0.481 e. The average Bonchev–Trinajstić information content (AvgIpc) is 2.54. The number of ether oxygens (including phenoxy) is 2. The van der Waals surface area contributed by atoms with Crippen molar-refractivity contribution in [3.63, 3.8) is 0 Å². The van der Waals surface area contributed by atoms with Gasteiger partial charge in [-0.05, 0) is 12.1 Å². The van der Waals surface area contributed by atoms with Gasteiger partial charge in [0.25, 0.3) is 0 Å². The van der Waals surface area contributed by atoms with E-state index in [1.165, 1.54) is 6.07 Å². The Morgan fingerprint density at radius 1 is 1.21 bits per heavy atom. The monoisotopic (exact) mass is 354 g/mol. The number of carboxylic acids is 1. The van der Waals surface area contributed by atoms with E-state index >= 15 is 0 Å². The molecule has 0 unspecified atom stereocenters. The van der Waals surface area contributed by atoms with Crippen LogP contribution in [0.1, 0.15) is 6.42 Å². The molecule has 0 bridgehead atoms. The van der Waals surface area contributed by atoms with Crippen LogP contribution >= 0.6 is 11.6 Å². The maximum atomic E-state index is 11.8. The van der Waals surface area contributed by atoms with E-state index in [-0.39, 0.29) is 18.5 Å². The van der Waals surface area contributed by atoms with Crippen LogP contribution in [-0.4, -0.2) is 49.0 Å². The van der Waals surface area contributed by atoms with E-state index in [0.29, 0.717) is 48.0 Å². The molecule has 1 aromatic carbocycles. The second kappa shape index (κ2) is 9.27. The molecule has 3 N–H and O–H groups in total. The topological polar surface area (TPSA) is 101 Å². The van der Waals surface area contributed by atoms with Crippen molar-refractivity contribution in [2.75, 3.05) is 38.3 Å². The molecule has 0 aliphatic heterocycles. The second-order valence-electron chi connectivity index (χ2n) is 5.01. The molecular weight excluding hydrogens is 336 g/mol. The summed E-state index contributed by atoms with van der Waals surface area (Å²) in [7, 11) is 0. The molecule has 24 heavy (non-hydrogen) atoms. The predicted octanol–water partition coefficient (Wildman–Crippen LogP) is 2.10. The van der Waals surface area contributed by atoms with Crippen molar-refractivity contribution < 1.29 is 19.4 Å². The first-order valence-corrected chi connectivity index (χ1v) is 7.88. The molecule has 130 valence electrons. The molecule has 1 aromatic heterocycles. The summed E-state index contributed by atoms with van der Waals surface area (Å²) in [6.45, 7) is 1.86. The van der Waals surface area contributed by atoms with E-state index in [1.54, 1.807) is 18.3 Å². The molecule has 0 saturated carbocycles. The number of H-pyrrole nitrogens is 1. The maximum Gasteiger partial charge on any atom is 0.305 e. The van der Waals surface area contributed by atoms with Gasteiger partial charge in [0.1, 0.15) is 0 Å². The summed E-state index contributed by atoms with van der Waals surface area (Å²) >= 11 is 6.19. The van der Waals surface area contributed by atoms with Crippen LogP contribution in [0.4, 0.5) is 5.69 Å². The van der Waals surface area contributed by atoms with Gasteiger partial charge < -0.3 is 24.9 Å². The molecule has 0 atom stereocenters. The summed E-state index contributed by atoms with van der Waals surface area (Å²) in [4.78, 5) is 25.1. The summed E-state index contributed by atoms with van der Waals surface area (Å²) in [6.07, 6.45) is 1.57. The van der Waals surface area contributed by atoms with Crippen molar-refractivity contribution in [3.8, 4) is 0 Å². The molecule has 0 saturated heterocycles. The lowest BCUT2D eigenvalue weighted by Crippen LogP contribution is -2.14. The molecule has 7 nitrogen and oxygen atoms in total. The van der Waals surface area contributed by atoms with Crippen molar-refractivity contribution in [2.45, 2.75) is 6.42 Å². The highest BCUT2D eigenvalue weighted by Gasteiger charge is 2.05. The van der Waals surface area contributed by atoms with Crippen LogP contribution in [0, 0.1) is 0 Å². The average molecular weight is 355 g/mol. The Balaban J connectivity index is 1.72. The third kappa shape index (κ3) is 5.52. The van der Waals surface area contributed by atoms with Crippen LogP contribution in [0.2, 0.25) is 5.02 Å². The number of aliphatic carboxylic acids is 1. The number of carbonyl (C=O) groups is 1. The molecule has 8 heteroatoms. The minimum atomic E-state index is -0.883. The lowest BCUT2D eigenvalue weighted by Gasteiger charge is -2.10. The number of benzene rings is 1. The van der Waals surface area contributed by atoms with Crippen LogP contribution in [0.3, 0.4) is 0 Å². The summed E-state index contributed by atoms with van der Waals surface area (Å²) in [6, 6.07) is 4.89. The molecule has 0 spiro atoms. The van der Waals surface area contributed by atoms with Gasteiger partial charge in [-0.2, -0.15) is 0 Å². The van der Waals surface area contributed by atoms with Gasteiger partial charge in [0.15, 0.2) is 5.43 Å². The van der Waals surface area contributed by atoms with Gasteiger partial charge >= 0.3 is 5.97 Å². The van der Waals surface area contributed by atoms with Crippen molar-refractivity contribution >= 4 is 34.2 Å². The molecular formula is C16H19ClN2O5. The van der Waals surface area contributed by atoms with Crippen LogP contribution in [-0.2, 0) is 14.3 Å². The number of hydrogen-bond donors (Lipinski definition) is 3. The first kappa shape index (κ1) is 18.3. The number of pyridine rings is 1. The molecule has 0 radical (unpaired) electrons. The number of aromatic amines is 1. The van der Waals surface area contributed by atoms with E-state index in [9.17, 15) is 9.59 Å². The van der Waals surface area contributed by atoms with E-state index in [1.807, 2.05) is 0 Å². The molecule has 0 aliphatic carbocycles. The number of rotatable bonds is 10. The predicted molar refractivity (Wildman–Crippen MR) is 92.0 cm³/mol. The fourth-order valence-electron chi connectivity index (χ4n) is 2.07. The zero-order chi connectivity index (χ0) is 17.4. The molecule has 2 aromatic rings. The van der Waals surface area contributed by atoms with Gasteiger partial charge in [0.05, 0.1) is 49.1 Å². The number of hydrogen-bond acceptors (Lipinski definition) is 5. The van der Waals surface area contributed by atoms with Crippen LogP contribution in [0.15, 0.2) is 29.2 Å². The smallest absolute Gasteiger partial charge is 0.305 e. The fourth-order valence-corrected chi connectivity index (χ4v) is 2.30. The normalized spacial score (nSPS) is 10.9. The summed E-state index contributed by atoms with van der Waals surface area (Å²) in [5.41, 5.74) is 1.29.